The van der Waals surface area contributed by atoms with Crippen LogP contribution in [0.3, 0.4) is 0 Å². The predicted octanol–water partition coefficient (Wildman–Crippen LogP) is 2.10. The number of benzene rings is 1. The van der Waals surface area contributed by atoms with E-state index in [4.69, 9.17) is 9.26 Å². The second-order valence-electron chi connectivity index (χ2n) is 6.15. The number of rotatable bonds is 4. The number of ether oxygens (including phenoxy) is 1. The summed E-state index contributed by atoms with van der Waals surface area (Å²) in [5.74, 6) is 1.80. The molecule has 1 amide bonds. The SMILES string of the molecule is COc1ccc(-c2cc(N3CCN(C(=O)c4ccno4)CC3)ncn2)cc1. The van der Waals surface area contributed by atoms with Crippen molar-refractivity contribution in [2.45, 2.75) is 0 Å². The molecule has 1 aliphatic rings. The van der Waals surface area contributed by atoms with Crippen LogP contribution in [0.15, 0.2) is 53.4 Å². The number of piperazine rings is 1. The second kappa shape index (κ2) is 7.45. The number of nitrogens with zero attached hydrogens (tertiary/aromatic N) is 5. The number of carbonyl (C=O) groups excluding carboxylic acids is 1. The van der Waals surface area contributed by atoms with E-state index in [1.54, 1.807) is 24.4 Å². The fourth-order valence-electron chi connectivity index (χ4n) is 3.06. The minimum Gasteiger partial charge on any atom is -0.497 e. The van der Waals surface area contributed by atoms with Crippen molar-refractivity contribution in [1.29, 1.82) is 0 Å². The Labute approximate surface area is 156 Å². The molecule has 1 aromatic carbocycles. The Morgan fingerprint density at radius 1 is 1.07 bits per heavy atom. The van der Waals surface area contributed by atoms with Crippen LogP contribution in [0.4, 0.5) is 5.82 Å². The van der Waals surface area contributed by atoms with Crippen LogP contribution >= 0.6 is 0 Å². The Hall–Kier alpha value is -3.42. The second-order valence-corrected chi connectivity index (χ2v) is 6.15. The van der Waals surface area contributed by atoms with Gasteiger partial charge in [-0.1, -0.05) is 5.16 Å². The van der Waals surface area contributed by atoms with Crippen LogP contribution in [0, 0.1) is 0 Å². The van der Waals surface area contributed by atoms with Gasteiger partial charge in [0.1, 0.15) is 17.9 Å². The lowest BCUT2D eigenvalue weighted by Gasteiger charge is -2.34. The summed E-state index contributed by atoms with van der Waals surface area (Å²) in [5.41, 5.74) is 1.85. The lowest BCUT2D eigenvalue weighted by molar-refractivity contribution is 0.0704. The van der Waals surface area contributed by atoms with E-state index in [-0.39, 0.29) is 11.7 Å². The lowest BCUT2D eigenvalue weighted by Crippen LogP contribution is -2.49. The summed E-state index contributed by atoms with van der Waals surface area (Å²) < 4.78 is 10.2. The number of amides is 1. The molecule has 0 atom stereocenters. The van der Waals surface area contributed by atoms with Crippen LogP contribution in [0.2, 0.25) is 0 Å². The Balaban J connectivity index is 1.44. The molecule has 1 aliphatic heterocycles. The minimum absolute atomic E-state index is 0.131. The van der Waals surface area contributed by atoms with E-state index in [0.29, 0.717) is 26.2 Å². The standard InChI is InChI=1S/C19H19N5O3/c1-26-15-4-2-14(3-5-15)16-12-18(21-13-20-16)23-8-10-24(11-9-23)19(25)17-6-7-22-27-17/h2-7,12-13H,8-11H2,1H3. The highest BCUT2D eigenvalue weighted by Crippen LogP contribution is 2.24. The van der Waals surface area contributed by atoms with Gasteiger partial charge in [0.05, 0.1) is 19.0 Å². The number of carbonyl (C=O) groups is 1. The van der Waals surface area contributed by atoms with Crippen molar-refractivity contribution in [3.05, 3.63) is 54.7 Å². The normalized spacial score (nSPS) is 14.3. The highest BCUT2D eigenvalue weighted by molar-refractivity contribution is 5.91. The zero-order valence-corrected chi connectivity index (χ0v) is 14.9. The zero-order chi connectivity index (χ0) is 18.6. The number of hydrogen-bond donors (Lipinski definition) is 0. The summed E-state index contributed by atoms with van der Waals surface area (Å²) in [7, 11) is 1.64. The molecule has 0 saturated carbocycles. The van der Waals surface area contributed by atoms with Crippen LogP contribution in [0.1, 0.15) is 10.6 Å². The van der Waals surface area contributed by atoms with Gasteiger partial charge in [0.2, 0.25) is 5.76 Å². The lowest BCUT2D eigenvalue weighted by atomic mass is 10.1. The van der Waals surface area contributed by atoms with E-state index in [0.717, 1.165) is 22.8 Å². The van der Waals surface area contributed by atoms with Gasteiger partial charge in [0.15, 0.2) is 0 Å². The Morgan fingerprint density at radius 2 is 1.85 bits per heavy atom. The van der Waals surface area contributed by atoms with E-state index in [1.165, 1.54) is 6.20 Å². The topological polar surface area (TPSA) is 84.6 Å². The van der Waals surface area contributed by atoms with Crippen molar-refractivity contribution in [3.63, 3.8) is 0 Å². The number of anilines is 1. The molecule has 4 rings (SSSR count). The first-order valence-corrected chi connectivity index (χ1v) is 8.66. The minimum atomic E-state index is -0.131. The maximum atomic E-state index is 12.3. The first-order chi connectivity index (χ1) is 13.2. The predicted molar refractivity (Wildman–Crippen MR) is 98.6 cm³/mol. The van der Waals surface area contributed by atoms with E-state index in [2.05, 4.69) is 20.0 Å². The van der Waals surface area contributed by atoms with Gasteiger partial charge in [0, 0.05) is 43.9 Å². The van der Waals surface area contributed by atoms with E-state index < -0.39 is 0 Å². The molecule has 0 bridgehead atoms. The highest BCUT2D eigenvalue weighted by Gasteiger charge is 2.25. The van der Waals surface area contributed by atoms with Gasteiger partial charge in [-0.05, 0) is 24.3 Å². The van der Waals surface area contributed by atoms with Crippen LogP contribution in [0.5, 0.6) is 5.75 Å². The van der Waals surface area contributed by atoms with Crippen molar-refractivity contribution < 1.29 is 14.1 Å². The molecule has 3 aromatic rings. The van der Waals surface area contributed by atoms with Gasteiger partial charge in [-0.3, -0.25) is 4.79 Å². The van der Waals surface area contributed by atoms with Gasteiger partial charge >= 0.3 is 0 Å². The number of aromatic nitrogens is 3. The van der Waals surface area contributed by atoms with Gasteiger partial charge in [-0.15, -0.1) is 0 Å². The molecule has 1 saturated heterocycles. The third-order valence-electron chi connectivity index (χ3n) is 4.58. The fourth-order valence-corrected chi connectivity index (χ4v) is 3.06. The molecule has 2 aromatic heterocycles. The maximum Gasteiger partial charge on any atom is 0.292 e. The highest BCUT2D eigenvalue weighted by atomic mass is 16.5. The van der Waals surface area contributed by atoms with Crippen molar-refractivity contribution in [3.8, 4) is 17.0 Å². The summed E-state index contributed by atoms with van der Waals surface area (Å²) in [4.78, 5) is 25.0. The Bertz CT molecular complexity index is 903. The Kier molecular flexibility index (Phi) is 4.69. The molecule has 3 heterocycles. The Morgan fingerprint density at radius 3 is 2.52 bits per heavy atom. The molecule has 0 unspecified atom stereocenters. The van der Waals surface area contributed by atoms with E-state index in [9.17, 15) is 4.79 Å². The quantitative estimate of drug-likeness (QED) is 0.700. The molecule has 138 valence electrons. The average Bonchev–Trinajstić information content (AvgIpc) is 3.28. The van der Waals surface area contributed by atoms with Crippen LogP contribution in [0.25, 0.3) is 11.3 Å². The summed E-state index contributed by atoms with van der Waals surface area (Å²) in [5, 5.41) is 3.59. The molecular formula is C19H19N5O3. The first-order valence-electron chi connectivity index (χ1n) is 8.66. The van der Waals surface area contributed by atoms with Crippen LogP contribution < -0.4 is 9.64 Å². The van der Waals surface area contributed by atoms with Crippen molar-refractivity contribution in [1.82, 2.24) is 20.0 Å². The molecule has 0 N–H and O–H groups in total. The fraction of sp³-hybridized carbons (Fsp3) is 0.263. The number of methoxy groups -OCH3 is 1. The largest absolute Gasteiger partial charge is 0.497 e. The molecule has 27 heavy (non-hydrogen) atoms. The third kappa shape index (κ3) is 3.59. The monoisotopic (exact) mass is 365 g/mol. The summed E-state index contributed by atoms with van der Waals surface area (Å²) in [6.45, 7) is 2.58. The smallest absolute Gasteiger partial charge is 0.292 e. The van der Waals surface area contributed by atoms with Gasteiger partial charge in [0.25, 0.3) is 5.91 Å². The van der Waals surface area contributed by atoms with Gasteiger partial charge < -0.3 is 19.1 Å². The average molecular weight is 365 g/mol. The van der Waals surface area contributed by atoms with Crippen molar-refractivity contribution >= 4 is 11.7 Å². The molecular weight excluding hydrogens is 346 g/mol. The third-order valence-corrected chi connectivity index (χ3v) is 4.58. The van der Waals surface area contributed by atoms with Gasteiger partial charge in [-0.2, -0.15) is 0 Å². The number of hydrogen-bond acceptors (Lipinski definition) is 7. The zero-order valence-electron chi connectivity index (χ0n) is 14.9. The van der Waals surface area contributed by atoms with Crippen molar-refractivity contribution in [2.75, 3.05) is 38.2 Å². The van der Waals surface area contributed by atoms with Crippen LogP contribution in [-0.2, 0) is 0 Å². The molecule has 1 fully saturated rings. The van der Waals surface area contributed by atoms with Gasteiger partial charge in [-0.25, -0.2) is 9.97 Å². The molecule has 0 aliphatic carbocycles. The maximum absolute atomic E-state index is 12.3. The molecule has 0 spiro atoms. The first kappa shape index (κ1) is 17.0. The van der Waals surface area contributed by atoms with E-state index >= 15 is 0 Å². The molecule has 8 nitrogen and oxygen atoms in total. The summed E-state index contributed by atoms with van der Waals surface area (Å²) >= 11 is 0. The summed E-state index contributed by atoms with van der Waals surface area (Å²) in [6, 6.07) is 11.3. The van der Waals surface area contributed by atoms with E-state index in [1.807, 2.05) is 30.3 Å². The van der Waals surface area contributed by atoms with Crippen LogP contribution in [-0.4, -0.2) is 59.2 Å². The summed E-state index contributed by atoms with van der Waals surface area (Å²) in [6.07, 6.45) is 3.05. The van der Waals surface area contributed by atoms with Crippen molar-refractivity contribution in [2.24, 2.45) is 0 Å². The molecule has 8 heteroatoms. The molecule has 0 radical (unpaired) electrons.